The second kappa shape index (κ2) is 7.10. The first-order chi connectivity index (χ1) is 11.3. The fourth-order valence-electron chi connectivity index (χ4n) is 2.52. The van der Waals surface area contributed by atoms with Crippen LogP contribution in [0.25, 0.3) is 5.69 Å². The topological polar surface area (TPSA) is 17.3 Å². The Labute approximate surface area is 138 Å². The first kappa shape index (κ1) is 15.3. The lowest BCUT2D eigenvalue weighted by Gasteiger charge is -2.08. The van der Waals surface area contributed by atoms with Crippen LogP contribution in [-0.4, -0.2) is 10.8 Å². The van der Waals surface area contributed by atoms with Crippen LogP contribution in [0, 0.1) is 0 Å². The molecule has 1 atom stereocenters. The van der Waals surface area contributed by atoms with Crippen LogP contribution in [0.5, 0.6) is 0 Å². The molecule has 3 aromatic rings. The second-order valence-electron chi connectivity index (χ2n) is 5.85. The van der Waals surface area contributed by atoms with E-state index >= 15 is 0 Å². The molecule has 0 bridgehead atoms. The maximum atomic E-state index is 4.57. The molecule has 3 rings (SSSR count). The third-order valence-electron chi connectivity index (χ3n) is 4.21. The Hall–Kier alpha value is -2.61. The Morgan fingerprint density at radius 3 is 2.43 bits per heavy atom. The molecule has 2 aromatic carbocycles. The normalized spacial score (nSPS) is 12.6. The molecule has 0 spiro atoms. The number of benzene rings is 2. The summed E-state index contributed by atoms with van der Waals surface area (Å²) in [5.41, 5.74) is 4.62. The van der Waals surface area contributed by atoms with Crippen LogP contribution in [0.2, 0.25) is 0 Å². The molecule has 0 aliphatic heterocycles. The van der Waals surface area contributed by atoms with Gasteiger partial charge in [-0.15, -0.1) is 0 Å². The first-order valence-electron chi connectivity index (χ1n) is 8.13. The Balaban J connectivity index is 1.72. The van der Waals surface area contributed by atoms with Crippen LogP contribution < -0.4 is 0 Å². The maximum absolute atomic E-state index is 4.57. The van der Waals surface area contributed by atoms with Crippen LogP contribution in [0.4, 0.5) is 5.69 Å². The Bertz CT molecular complexity index is 767. The summed E-state index contributed by atoms with van der Waals surface area (Å²) in [5, 5.41) is 0. The summed E-state index contributed by atoms with van der Waals surface area (Å²) >= 11 is 0. The van der Waals surface area contributed by atoms with E-state index in [0.717, 1.165) is 23.4 Å². The van der Waals surface area contributed by atoms with Gasteiger partial charge in [-0.05, 0) is 48.2 Å². The quantitative estimate of drug-likeness (QED) is 0.535. The molecule has 0 saturated carbocycles. The van der Waals surface area contributed by atoms with Gasteiger partial charge in [-0.3, -0.25) is 4.99 Å². The minimum Gasteiger partial charge on any atom is -0.323 e. The Morgan fingerprint density at radius 2 is 1.74 bits per heavy atom. The number of hydrogen-bond donors (Lipinski definition) is 0. The van der Waals surface area contributed by atoms with E-state index in [4.69, 9.17) is 0 Å². The predicted molar refractivity (Wildman–Crippen MR) is 98.2 cm³/mol. The minimum atomic E-state index is 0.605. The molecule has 0 N–H and O–H groups in total. The van der Waals surface area contributed by atoms with E-state index in [1.54, 1.807) is 0 Å². The lowest BCUT2D eigenvalue weighted by atomic mass is 9.99. The number of aromatic nitrogens is 1. The highest BCUT2D eigenvalue weighted by Gasteiger charge is 2.02. The first-order valence-corrected chi connectivity index (χ1v) is 8.13. The molecule has 2 nitrogen and oxygen atoms in total. The molecule has 2 heteroatoms. The Kier molecular flexibility index (Phi) is 4.72. The number of aliphatic imine (C=N–C) groups is 1. The lowest BCUT2D eigenvalue weighted by Crippen LogP contribution is -1.89. The van der Waals surface area contributed by atoms with Crippen molar-refractivity contribution in [2.24, 2.45) is 4.99 Å². The molecule has 23 heavy (non-hydrogen) atoms. The van der Waals surface area contributed by atoms with E-state index in [0.29, 0.717) is 5.92 Å². The van der Waals surface area contributed by atoms with Crippen LogP contribution in [-0.2, 0) is 0 Å². The standard InChI is InChI=1S/C21H22N2/c1-3-17(2)19-9-11-20(12-10-19)22-15-18-13-14-23(16-18)21-7-5-4-6-8-21/h4-17H,3H2,1-2H3. The molecule has 116 valence electrons. The van der Waals surface area contributed by atoms with Gasteiger partial charge in [0.05, 0.1) is 5.69 Å². The highest BCUT2D eigenvalue weighted by molar-refractivity contribution is 5.81. The van der Waals surface area contributed by atoms with Gasteiger partial charge >= 0.3 is 0 Å². The van der Waals surface area contributed by atoms with Crippen molar-refractivity contribution in [2.75, 3.05) is 0 Å². The maximum Gasteiger partial charge on any atom is 0.0630 e. The number of rotatable bonds is 5. The molecule has 0 saturated heterocycles. The average Bonchev–Trinajstić information content (AvgIpc) is 3.09. The molecule has 1 aromatic heterocycles. The van der Waals surface area contributed by atoms with Crippen LogP contribution in [0.1, 0.15) is 37.3 Å². The third kappa shape index (κ3) is 3.78. The largest absolute Gasteiger partial charge is 0.323 e. The van der Waals surface area contributed by atoms with Crippen molar-refractivity contribution in [3.8, 4) is 5.69 Å². The summed E-state index contributed by atoms with van der Waals surface area (Å²) in [5.74, 6) is 0.605. The van der Waals surface area contributed by atoms with Crippen molar-refractivity contribution in [3.63, 3.8) is 0 Å². The van der Waals surface area contributed by atoms with Crippen molar-refractivity contribution in [3.05, 3.63) is 84.2 Å². The zero-order valence-electron chi connectivity index (χ0n) is 13.7. The van der Waals surface area contributed by atoms with Gasteiger partial charge in [-0.2, -0.15) is 0 Å². The predicted octanol–water partition coefficient (Wildman–Crippen LogP) is 5.74. The van der Waals surface area contributed by atoms with E-state index in [9.17, 15) is 0 Å². The van der Waals surface area contributed by atoms with Gasteiger partial charge in [0.1, 0.15) is 0 Å². The third-order valence-corrected chi connectivity index (χ3v) is 4.21. The van der Waals surface area contributed by atoms with Gasteiger partial charge in [-0.25, -0.2) is 0 Å². The van der Waals surface area contributed by atoms with Crippen LogP contribution in [0.15, 0.2) is 78.0 Å². The molecule has 1 heterocycles. The monoisotopic (exact) mass is 302 g/mol. The van der Waals surface area contributed by atoms with Gasteiger partial charge in [0.15, 0.2) is 0 Å². The molecule has 0 radical (unpaired) electrons. The summed E-state index contributed by atoms with van der Waals surface area (Å²) in [4.78, 5) is 4.57. The SMILES string of the molecule is CCC(C)c1ccc(N=Cc2ccn(-c3ccccc3)c2)cc1. The number of para-hydroxylation sites is 1. The van der Waals surface area contributed by atoms with E-state index in [1.165, 1.54) is 5.56 Å². The lowest BCUT2D eigenvalue weighted by molar-refractivity contribution is 0.734. The number of nitrogens with zero attached hydrogens (tertiary/aromatic N) is 2. The minimum absolute atomic E-state index is 0.605. The fraction of sp³-hybridized carbons (Fsp3) is 0.190. The smallest absolute Gasteiger partial charge is 0.0630 e. The van der Waals surface area contributed by atoms with Gasteiger partial charge in [0, 0.05) is 29.9 Å². The average molecular weight is 302 g/mol. The van der Waals surface area contributed by atoms with Crippen molar-refractivity contribution < 1.29 is 0 Å². The Morgan fingerprint density at radius 1 is 1.00 bits per heavy atom. The van der Waals surface area contributed by atoms with E-state index in [2.05, 4.69) is 78.3 Å². The molecule has 0 fully saturated rings. The van der Waals surface area contributed by atoms with Crippen LogP contribution in [0.3, 0.4) is 0 Å². The zero-order chi connectivity index (χ0) is 16.1. The van der Waals surface area contributed by atoms with E-state index in [1.807, 2.05) is 24.4 Å². The van der Waals surface area contributed by atoms with Crippen molar-refractivity contribution in [2.45, 2.75) is 26.2 Å². The summed E-state index contributed by atoms with van der Waals surface area (Å²) in [6.07, 6.45) is 7.22. The van der Waals surface area contributed by atoms with Gasteiger partial charge in [0.2, 0.25) is 0 Å². The molecule has 0 aliphatic carbocycles. The number of hydrogen-bond acceptors (Lipinski definition) is 1. The molecular formula is C21H22N2. The van der Waals surface area contributed by atoms with Crippen molar-refractivity contribution >= 4 is 11.9 Å². The molecule has 0 amide bonds. The van der Waals surface area contributed by atoms with Gasteiger partial charge in [-0.1, -0.05) is 44.2 Å². The zero-order valence-corrected chi connectivity index (χ0v) is 13.7. The fourth-order valence-corrected chi connectivity index (χ4v) is 2.52. The summed E-state index contributed by atoms with van der Waals surface area (Å²) in [6.45, 7) is 4.47. The second-order valence-corrected chi connectivity index (χ2v) is 5.85. The van der Waals surface area contributed by atoms with E-state index in [-0.39, 0.29) is 0 Å². The van der Waals surface area contributed by atoms with E-state index < -0.39 is 0 Å². The summed E-state index contributed by atoms with van der Waals surface area (Å²) in [6, 6.07) is 20.9. The van der Waals surface area contributed by atoms with Crippen molar-refractivity contribution in [1.29, 1.82) is 0 Å². The summed E-state index contributed by atoms with van der Waals surface area (Å²) < 4.78 is 2.10. The van der Waals surface area contributed by atoms with Crippen molar-refractivity contribution in [1.82, 2.24) is 4.57 Å². The molecular weight excluding hydrogens is 280 g/mol. The highest BCUT2D eigenvalue weighted by atomic mass is 14.9. The van der Waals surface area contributed by atoms with Crippen LogP contribution >= 0.6 is 0 Å². The van der Waals surface area contributed by atoms with Gasteiger partial charge < -0.3 is 4.57 Å². The molecule has 1 unspecified atom stereocenters. The van der Waals surface area contributed by atoms with Gasteiger partial charge in [0.25, 0.3) is 0 Å². The highest BCUT2D eigenvalue weighted by Crippen LogP contribution is 2.21. The summed E-state index contributed by atoms with van der Waals surface area (Å²) in [7, 11) is 0. The molecule has 0 aliphatic rings.